The van der Waals surface area contributed by atoms with Crippen LogP contribution in [0.2, 0.25) is 0 Å². The van der Waals surface area contributed by atoms with Crippen molar-refractivity contribution in [3.63, 3.8) is 0 Å². The summed E-state index contributed by atoms with van der Waals surface area (Å²) in [5.74, 6) is -2.21. The van der Waals surface area contributed by atoms with Crippen molar-refractivity contribution in [1.82, 2.24) is 0 Å². The van der Waals surface area contributed by atoms with Crippen molar-refractivity contribution in [2.75, 3.05) is 34.5 Å². The van der Waals surface area contributed by atoms with E-state index in [9.17, 15) is 50.8 Å². The summed E-state index contributed by atoms with van der Waals surface area (Å²) in [5, 5.41) is 93.5. The molecule has 2 fully saturated rings. The molecule has 9 N–H and O–H groups in total. The number of phenolic OH excluding ortho intramolecular Hbond substituents is 2. The molecule has 0 aliphatic carbocycles. The molecule has 264 valence electrons. The fourth-order valence-corrected chi connectivity index (χ4v) is 5.52. The molecule has 1 aromatic heterocycles. The summed E-state index contributed by atoms with van der Waals surface area (Å²) in [6, 6.07) is 5.21. The number of ether oxygens (including phenoxy) is 7. The molecule has 0 saturated carbocycles. The molecule has 0 bridgehead atoms. The molecule has 0 unspecified atom stereocenters. The van der Waals surface area contributed by atoms with Gasteiger partial charge in [-0.2, -0.15) is 0 Å². The zero-order valence-electron chi connectivity index (χ0n) is 25.7. The third kappa shape index (κ3) is 6.18. The quantitative estimate of drug-likeness (QED) is 0.111. The Bertz CT molecular complexity index is 1660. The molecule has 3 aromatic rings. The molecule has 2 aliphatic rings. The van der Waals surface area contributed by atoms with Gasteiger partial charge in [-0.15, -0.1) is 0 Å². The van der Waals surface area contributed by atoms with Gasteiger partial charge in [-0.1, -0.05) is 0 Å². The number of hydrogen-bond acceptors (Lipinski definition) is 18. The van der Waals surface area contributed by atoms with E-state index in [2.05, 4.69) is 0 Å². The van der Waals surface area contributed by atoms with Gasteiger partial charge >= 0.3 is 0 Å². The molecule has 18 heteroatoms. The second-order valence-corrected chi connectivity index (χ2v) is 10.9. The average Bonchev–Trinajstić information content (AvgIpc) is 3.08. The Labute approximate surface area is 271 Å². The van der Waals surface area contributed by atoms with Crippen molar-refractivity contribution < 1.29 is 83.5 Å². The highest BCUT2D eigenvalue weighted by atomic mass is 16.7. The van der Waals surface area contributed by atoms with Crippen LogP contribution in [-0.2, 0) is 14.2 Å². The van der Waals surface area contributed by atoms with Crippen LogP contribution in [0.3, 0.4) is 0 Å². The molecular weight excluding hydrogens is 648 g/mol. The van der Waals surface area contributed by atoms with Gasteiger partial charge in [0.1, 0.15) is 59.8 Å². The number of rotatable bonds is 10. The maximum Gasteiger partial charge on any atom is 0.239 e. The van der Waals surface area contributed by atoms with E-state index < -0.39 is 96.9 Å². The molecule has 2 aromatic carbocycles. The van der Waals surface area contributed by atoms with Gasteiger partial charge in [-0.25, -0.2) is 0 Å². The maximum absolute atomic E-state index is 14.1. The largest absolute Gasteiger partial charge is 0.504 e. The van der Waals surface area contributed by atoms with Gasteiger partial charge in [0, 0.05) is 11.6 Å². The number of aliphatic hydroxyl groups excluding tert-OH is 7. The first-order valence-corrected chi connectivity index (χ1v) is 14.5. The molecule has 0 radical (unpaired) electrons. The van der Waals surface area contributed by atoms with Crippen LogP contribution in [0.1, 0.15) is 0 Å². The summed E-state index contributed by atoms with van der Waals surface area (Å²) in [4.78, 5) is 14.1. The van der Waals surface area contributed by atoms with Gasteiger partial charge in [0.15, 0.2) is 35.0 Å². The van der Waals surface area contributed by atoms with Crippen molar-refractivity contribution in [1.29, 1.82) is 0 Å². The standard InChI is InChI=1S/C30H36O18/c1-41-12-5-4-10(6-11(12)33)25-28(21(37)17-13(44-25)7-14(42-2)26(43-3)20(17)36)48-30-24(40)27(19(35)16(9-32)46-30)47-29-23(39)22(38)18(34)15(8-31)45-29/h4-7,15-16,18-19,22-24,27,29-36,38-40H,8-9H2,1-3H3/t15-,16-,18-,19+,22+,23-,24-,27+,29+,30+/m1/s1. The van der Waals surface area contributed by atoms with Gasteiger partial charge < -0.3 is 83.5 Å². The molecule has 18 nitrogen and oxygen atoms in total. The lowest BCUT2D eigenvalue weighted by Crippen LogP contribution is -2.65. The highest BCUT2D eigenvalue weighted by Crippen LogP contribution is 2.45. The number of fused-ring (bicyclic) bond motifs is 1. The van der Waals surface area contributed by atoms with Crippen LogP contribution in [0.4, 0.5) is 0 Å². The first kappa shape index (κ1) is 35.4. The molecule has 0 spiro atoms. The Morgan fingerprint density at radius 1 is 0.729 bits per heavy atom. The number of methoxy groups -OCH3 is 3. The lowest BCUT2D eigenvalue weighted by Gasteiger charge is -2.45. The van der Waals surface area contributed by atoms with Crippen molar-refractivity contribution in [3.05, 3.63) is 34.5 Å². The third-order valence-corrected chi connectivity index (χ3v) is 8.10. The Morgan fingerprint density at radius 2 is 1.38 bits per heavy atom. The van der Waals surface area contributed by atoms with E-state index in [1.54, 1.807) is 0 Å². The van der Waals surface area contributed by atoms with Crippen LogP contribution in [0.15, 0.2) is 33.5 Å². The summed E-state index contributed by atoms with van der Waals surface area (Å²) in [5.41, 5.74) is -1.17. The highest BCUT2D eigenvalue weighted by molar-refractivity contribution is 5.91. The predicted octanol–water partition coefficient (Wildman–Crippen LogP) is -2.10. The average molecular weight is 685 g/mol. The van der Waals surface area contributed by atoms with Crippen molar-refractivity contribution in [2.24, 2.45) is 0 Å². The third-order valence-electron chi connectivity index (χ3n) is 8.10. The summed E-state index contributed by atoms with van der Waals surface area (Å²) in [7, 11) is 3.83. The Hall–Kier alpha value is -3.95. The molecule has 3 heterocycles. The summed E-state index contributed by atoms with van der Waals surface area (Å²) >= 11 is 0. The Balaban J connectivity index is 1.60. The number of aromatic hydroxyl groups is 2. The first-order valence-electron chi connectivity index (χ1n) is 14.5. The smallest absolute Gasteiger partial charge is 0.239 e. The zero-order valence-corrected chi connectivity index (χ0v) is 25.7. The molecule has 10 atom stereocenters. The van der Waals surface area contributed by atoms with Crippen LogP contribution in [0, 0.1) is 0 Å². The number of benzene rings is 2. The fourth-order valence-electron chi connectivity index (χ4n) is 5.52. The Kier molecular flexibility index (Phi) is 10.5. The predicted molar refractivity (Wildman–Crippen MR) is 158 cm³/mol. The van der Waals surface area contributed by atoms with Crippen molar-refractivity contribution >= 4 is 11.0 Å². The lowest BCUT2D eigenvalue weighted by atomic mass is 9.97. The van der Waals surface area contributed by atoms with Crippen molar-refractivity contribution in [2.45, 2.75) is 61.4 Å². The normalized spacial score (nSPS) is 30.6. The number of hydrogen-bond donors (Lipinski definition) is 9. The maximum atomic E-state index is 14.1. The zero-order chi connectivity index (χ0) is 35.0. The van der Waals surface area contributed by atoms with Crippen molar-refractivity contribution in [3.8, 4) is 45.8 Å². The minimum Gasteiger partial charge on any atom is -0.504 e. The van der Waals surface area contributed by atoms with Crippen LogP contribution >= 0.6 is 0 Å². The van der Waals surface area contributed by atoms with E-state index in [1.165, 1.54) is 45.6 Å². The highest BCUT2D eigenvalue weighted by Gasteiger charge is 2.51. The van der Waals surface area contributed by atoms with Gasteiger partial charge in [0.2, 0.25) is 23.2 Å². The summed E-state index contributed by atoms with van der Waals surface area (Å²) in [6.45, 7) is -1.66. The van der Waals surface area contributed by atoms with Crippen LogP contribution in [-0.4, -0.2) is 142 Å². The Morgan fingerprint density at radius 3 is 1.98 bits per heavy atom. The molecule has 2 saturated heterocycles. The van der Waals surface area contributed by atoms with Gasteiger partial charge in [-0.05, 0) is 18.2 Å². The summed E-state index contributed by atoms with van der Waals surface area (Å²) < 4.78 is 43.9. The van der Waals surface area contributed by atoms with Crippen LogP contribution in [0.5, 0.6) is 34.5 Å². The molecular formula is C30H36O18. The number of aliphatic hydroxyl groups is 7. The van der Waals surface area contributed by atoms with E-state index in [0.717, 1.165) is 0 Å². The topological polar surface area (TPSA) is 277 Å². The van der Waals surface area contributed by atoms with E-state index in [0.29, 0.717) is 0 Å². The van der Waals surface area contributed by atoms with Gasteiger partial charge in [0.25, 0.3) is 0 Å². The van der Waals surface area contributed by atoms with E-state index in [4.69, 9.17) is 37.6 Å². The molecule has 48 heavy (non-hydrogen) atoms. The van der Waals surface area contributed by atoms with E-state index >= 15 is 0 Å². The van der Waals surface area contributed by atoms with E-state index in [-0.39, 0.29) is 39.9 Å². The molecule has 0 amide bonds. The number of phenols is 2. The first-order chi connectivity index (χ1) is 22.9. The summed E-state index contributed by atoms with van der Waals surface area (Å²) in [6.07, 6.45) is -17.8. The molecule has 2 aliphatic heterocycles. The van der Waals surface area contributed by atoms with Gasteiger partial charge in [0.05, 0.1) is 34.5 Å². The van der Waals surface area contributed by atoms with E-state index in [1.807, 2.05) is 0 Å². The minimum absolute atomic E-state index is 0.00171. The monoisotopic (exact) mass is 684 g/mol. The minimum atomic E-state index is -2.03. The SMILES string of the molecule is COc1ccc(-c2oc3cc(OC)c(OC)c(O)c3c(=O)c2O[C@@H]2O[C@H](CO)[C@H](O)[C@H](O[C@@H]3O[C@H](CO)[C@@H](O)[C@H](O)[C@H]3O)[C@H]2O)cc1O. The second kappa shape index (κ2) is 14.3. The second-order valence-electron chi connectivity index (χ2n) is 10.9. The van der Waals surface area contributed by atoms with Crippen LogP contribution in [0.25, 0.3) is 22.3 Å². The fraction of sp³-hybridized carbons (Fsp3) is 0.500. The molecule has 5 rings (SSSR count). The van der Waals surface area contributed by atoms with Gasteiger partial charge in [-0.3, -0.25) is 4.79 Å². The lowest BCUT2D eigenvalue weighted by molar-refractivity contribution is -0.352. The van der Waals surface area contributed by atoms with Crippen LogP contribution < -0.4 is 24.4 Å².